The molecule has 0 spiro atoms. The van der Waals surface area contributed by atoms with Crippen LogP contribution < -0.4 is 5.32 Å². The molecule has 238 valence electrons. The molecule has 4 aromatic carbocycles. The van der Waals surface area contributed by atoms with Crippen molar-refractivity contribution in [2.24, 2.45) is 0 Å². The van der Waals surface area contributed by atoms with Gasteiger partial charge in [0.1, 0.15) is 6.10 Å². The van der Waals surface area contributed by atoms with Gasteiger partial charge in [-0.1, -0.05) is 103 Å². The highest BCUT2D eigenvalue weighted by atomic mass is 16.7. The Morgan fingerprint density at radius 1 is 0.696 bits per heavy atom. The Morgan fingerprint density at radius 2 is 1.28 bits per heavy atom. The van der Waals surface area contributed by atoms with Gasteiger partial charge >= 0.3 is 18.0 Å². The number of carbonyl (C=O) groups excluding carboxylic acids is 3. The fourth-order valence-electron chi connectivity index (χ4n) is 5.29. The van der Waals surface area contributed by atoms with Crippen LogP contribution in [-0.2, 0) is 46.1 Å². The minimum Gasteiger partial charge on any atom is -0.455 e. The van der Waals surface area contributed by atoms with Gasteiger partial charge in [-0.2, -0.15) is 0 Å². The molecule has 1 amide bonds. The van der Waals surface area contributed by atoms with E-state index < -0.39 is 55.3 Å². The summed E-state index contributed by atoms with van der Waals surface area (Å²) in [6, 6.07) is 34.6. The smallest absolute Gasteiger partial charge is 0.412 e. The van der Waals surface area contributed by atoms with Crippen LogP contribution in [0.5, 0.6) is 0 Å². The maximum atomic E-state index is 13.5. The molecule has 1 heterocycles. The molecule has 0 unspecified atom stereocenters. The first-order valence-corrected chi connectivity index (χ1v) is 14.8. The standard InChI is InChI=1S/C36H35NO9/c1-42-35-34(45-30(39)21-24-13-5-2-6-14-24)33(46-36(41)37-27-18-9-4-10-19-27)32(29(23-38)43-35)44-31(40)22-26-17-11-12-20-28(26)25-15-7-3-8-16-25/h2-20,29,32-35,38H,21-23H2,1H3,(H,37,41)/t29-,32-,33+,34-,35+/m1/s1. The molecule has 4 aromatic rings. The third-order valence-corrected chi connectivity index (χ3v) is 7.43. The van der Waals surface area contributed by atoms with Crippen LogP contribution in [0.3, 0.4) is 0 Å². The molecule has 1 saturated heterocycles. The van der Waals surface area contributed by atoms with Gasteiger partial charge in [-0.05, 0) is 34.4 Å². The van der Waals surface area contributed by atoms with E-state index in [0.29, 0.717) is 16.8 Å². The zero-order valence-corrected chi connectivity index (χ0v) is 25.2. The van der Waals surface area contributed by atoms with E-state index in [0.717, 1.165) is 11.1 Å². The Bertz CT molecular complexity index is 1580. The van der Waals surface area contributed by atoms with Crippen molar-refractivity contribution in [1.82, 2.24) is 0 Å². The Kier molecular flexibility index (Phi) is 11.1. The maximum absolute atomic E-state index is 13.5. The molecule has 5 atom stereocenters. The third kappa shape index (κ3) is 8.36. The molecule has 0 aliphatic carbocycles. The second-order valence-corrected chi connectivity index (χ2v) is 10.6. The minimum absolute atomic E-state index is 0.0825. The molecule has 0 radical (unpaired) electrons. The summed E-state index contributed by atoms with van der Waals surface area (Å²) in [5.74, 6) is -1.32. The van der Waals surface area contributed by atoms with Crippen molar-refractivity contribution in [1.29, 1.82) is 0 Å². The number of carbonyl (C=O) groups is 3. The first kappa shape index (κ1) is 32.4. The highest BCUT2D eigenvalue weighted by Gasteiger charge is 2.52. The number of nitrogens with one attached hydrogen (secondary N) is 1. The second-order valence-electron chi connectivity index (χ2n) is 10.6. The van der Waals surface area contributed by atoms with Gasteiger partial charge in [0.05, 0.1) is 19.4 Å². The van der Waals surface area contributed by atoms with E-state index in [2.05, 4.69) is 5.32 Å². The number of hydrogen-bond acceptors (Lipinski definition) is 9. The van der Waals surface area contributed by atoms with E-state index in [1.54, 1.807) is 54.6 Å². The van der Waals surface area contributed by atoms with Crippen molar-refractivity contribution in [2.75, 3.05) is 19.0 Å². The third-order valence-electron chi connectivity index (χ3n) is 7.43. The monoisotopic (exact) mass is 625 g/mol. The molecule has 46 heavy (non-hydrogen) atoms. The Hall–Kier alpha value is -5.03. The van der Waals surface area contributed by atoms with E-state index >= 15 is 0 Å². The lowest BCUT2D eigenvalue weighted by atomic mass is 9.97. The van der Waals surface area contributed by atoms with Crippen LogP contribution in [0.2, 0.25) is 0 Å². The molecule has 0 aromatic heterocycles. The van der Waals surface area contributed by atoms with Gasteiger partial charge in [-0.25, -0.2) is 4.79 Å². The molecule has 2 N–H and O–H groups in total. The summed E-state index contributed by atoms with van der Waals surface area (Å²) in [5, 5.41) is 12.9. The number of hydrogen-bond donors (Lipinski definition) is 2. The lowest BCUT2D eigenvalue weighted by molar-refractivity contribution is -0.299. The topological polar surface area (TPSA) is 130 Å². The summed E-state index contributed by atoms with van der Waals surface area (Å²) >= 11 is 0. The predicted molar refractivity (Wildman–Crippen MR) is 169 cm³/mol. The highest BCUT2D eigenvalue weighted by molar-refractivity contribution is 5.85. The molecule has 0 saturated carbocycles. The van der Waals surface area contributed by atoms with Crippen molar-refractivity contribution in [3.63, 3.8) is 0 Å². The summed E-state index contributed by atoms with van der Waals surface area (Å²) in [5.41, 5.74) is 3.63. The van der Waals surface area contributed by atoms with E-state index in [4.69, 9.17) is 23.7 Å². The molecular formula is C36H35NO9. The fourth-order valence-corrected chi connectivity index (χ4v) is 5.29. The fraction of sp³-hybridized carbons (Fsp3) is 0.250. The number of ether oxygens (including phenoxy) is 5. The number of aliphatic hydroxyl groups is 1. The normalized spacial score (nSPS) is 20.7. The van der Waals surface area contributed by atoms with Crippen LogP contribution >= 0.6 is 0 Å². The highest BCUT2D eigenvalue weighted by Crippen LogP contribution is 2.31. The lowest BCUT2D eigenvalue weighted by Crippen LogP contribution is -2.63. The van der Waals surface area contributed by atoms with Crippen LogP contribution in [0.4, 0.5) is 10.5 Å². The Balaban J connectivity index is 1.41. The van der Waals surface area contributed by atoms with E-state index in [9.17, 15) is 19.5 Å². The molecule has 1 fully saturated rings. The quantitative estimate of drug-likeness (QED) is 0.176. The maximum Gasteiger partial charge on any atom is 0.412 e. The van der Waals surface area contributed by atoms with Gasteiger partial charge in [0, 0.05) is 12.8 Å². The van der Waals surface area contributed by atoms with Gasteiger partial charge < -0.3 is 28.8 Å². The molecule has 10 heteroatoms. The number of benzene rings is 4. The number of para-hydroxylation sites is 1. The average Bonchev–Trinajstić information content (AvgIpc) is 3.07. The number of amides is 1. The van der Waals surface area contributed by atoms with Crippen LogP contribution in [0.15, 0.2) is 115 Å². The van der Waals surface area contributed by atoms with E-state index in [1.807, 2.05) is 60.7 Å². The molecule has 5 rings (SSSR count). The van der Waals surface area contributed by atoms with Crippen molar-refractivity contribution in [3.05, 3.63) is 126 Å². The van der Waals surface area contributed by atoms with Crippen LogP contribution in [0.25, 0.3) is 11.1 Å². The van der Waals surface area contributed by atoms with Crippen molar-refractivity contribution >= 4 is 23.7 Å². The number of methoxy groups -OCH3 is 1. The zero-order chi connectivity index (χ0) is 32.3. The molecule has 1 aliphatic heterocycles. The number of anilines is 1. The molecule has 1 aliphatic rings. The van der Waals surface area contributed by atoms with Gasteiger partial charge in [0.2, 0.25) is 0 Å². The van der Waals surface area contributed by atoms with Gasteiger partial charge in [0.25, 0.3) is 0 Å². The summed E-state index contributed by atoms with van der Waals surface area (Å²) < 4.78 is 28.9. The lowest BCUT2D eigenvalue weighted by Gasteiger charge is -2.43. The molecule has 0 bridgehead atoms. The van der Waals surface area contributed by atoms with Gasteiger partial charge in [-0.15, -0.1) is 0 Å². The molecule has 10 nitrogen and oxygen atoms in total. The zero-order valence-electron chi connectivity index (χ0n) is 25.2. The SMILES string of the molecule is CO[C@H]1O[C@H](CO)[C@@H](OC(=O)Cc2ccccc2-c2ccccc2)[C@H](OC(=O)Nc2ccccc2)[C@H]1OC(=O)Cc1ccccc1. The number of rotatable bonds is 11. The molecular weight excluding hydrogens is 590 g/mol. The van der Waals surface area contributed by atoms with Gasteiger partial charge in [-0.3, -0.25) is 14.9 Å². The van der Waals surface area contributed by atoms with Crippen LogP contribution in [0.1, 0.15) is 11.1 Å². The van der Waals surface area contributed by atoms with Crippen LogP contribution in [0, 0.1) is 0 Å². The summed E-state index contributed by atoms with van der Waals surface area (Å²) in [7, 11) is 1.32. The predicted octanol–water partition coefficient (Wildman–Crippen LogP) is 4.94. The van der Waals surface area contributed by atoms with Crippen molar-refractivity contribution < 1.29 is 43.2 Å². The summed E-state index contributed by atoms with van der Waals surface area (Å²) in [6.45, 7) is -0.608. The average molecular weight is 626 g/mol. The second kappa shape index (κ2) is 15.8. The summed E-state index contributed by atoms with van der Waals surface area (Å²) in [6.07, 6.45) is -7.65. The Labute approximate surface area is 266 Å². The summed E-state index contributed by atoms with van der Waals surface area (Å²) in [4.78, 5) is 39.8. The number of esters is 2. The van der Waals surface area contributed by atoms with E-state index in [-0.39, 0.29) is 12.8 Å². The largest absolute Gasteiger partial charge is 0.455 e. The Morgan fingerprint density at radius 3 is 1.96 bits per heavy atom. The number of aliphatic hydroxyl groups excluding tert-OH is 1. The van der Waals surface area contributed by atoms with Crippen molar-refractivity contribution in [3.8, 4) is 11.1 Å². The van der Waals surface area contributed by atoms with Crippen LogP contribution in [-0.4, -0.2) is 67.6 Å². The first-order valence-electron chi connectivity index (χ1n) is 14.8. The minimum atomic E-state index is -1.41. The van der Waals surface area contributed by atoms with Gasteiger partial charge in [0.15, 0.2) is 24.6 Å². The van der Waals surface area contributed by atoms with E-state index in [1.165, 1.54) is 7.11 Å². The van der Waals surface area contributed by atoms with Crippen molar-refractivity contribution in [2.45, 2.75) is 43.5 Å². The first-order chi connectivity index (χ1) is 22.4.